The first kappa shape index (κ1) is 11.7. The number of carboxylic acids is 1. The number of benzene rings is 1. The molecule has 0 fully saturated rings. The van der Waals surface area contributed by atoms with Crippen LogP contribution in [-0.2, 0) is 18.3 Å². The van der Waals surface area contributed by atoms with Gasteiger partial charge in [0, 0.05) is 24.2 Å². The lowest BCUT2D eigenvalue weighted by Crippen LogP contribution is -2.15. The molecule has 0 unspecified atom stereocenters. The van der Waals surface area contributed by atoms with Crippen LogP contribution in [0.15, 0.2) is 29.1 Å². The summed E-state index contributed by atoms with van der Waals surface area (Å²) in [7, 11) is 1.70. The molecule has 2 rings (SSSR count). The van der Waals surface area contributed by atoms with Crippen LogP contribution >= 0.6 is 11.6 Å². The fourth-order valence-electron chi connectivity index (χ4n) is 1.85. The van der Waals surface area contributed by atoms with Gasteiger partial charge in [-0.15, -0.1) is 0 Å². The lowest BCUT2D eigenvalue weighted by Gasteiger charge is -2.11. The summed E-state index contributed by atoms with van der Waals surface area (Å²) < 4.78 is 1.65. The molecule has 1 aromatic carbocycles. The molecule has 1 heterocycles. The monoisotopic (exact) mass is 251 g/mol. The Morgan fingerprint density at radius 2 is 2.18 bits per heavy atom. The molecule has 0 aliphatic heterocycles. The van der Waals surface area contributed by atoms with Crippen molar-refractivity contribution in [2.75, 3.05) is 0 Å². The molecule has 0 bridgehead atoms. The molecule has 5 heteroatoms. The molecule has 4 nitrogen and oxygen atoms in total. The molecule has 0 spiro atoms. The van der Waals surface area contributed by atoms with E-state index in [0.29, 0.717) is 21.6 Å². The van der Waals surface area contributed by atoms with E-state index in [1.807, 2.05) is 0 Å². The Labute approximate surface area is 102 Å². The summed E-state index contributed by atoms with van der Waals surface area (Å²) in [5.74, 6) is -0.980. The van der Waals surface area contributed by atoms with E-state index in [9.17, 15) is 9.59 Å². The van der Waals surface area contributed by atoms with E-state index in [-0.39, 0.29) is 11.8 Å². The van der Waals surface area contributed by atoms with Crippen LogP contribution in [0, 0.1) is 0 Å². The van der Waals surface area contributed by atoms with Crippen molar-refractivity contribution in [1.29, 1.82) is 0 Å². The number of aromatic nitrogens is 1. The first-order valence-electron chi connectivity index (χ1n) is 4.99. The fourth-order valence-corrected chi connectivity index (χ4v) is 2.15. The molecule has 0 atom stereocenters. The Morgan fingerprint density at radius 1 is 1.47 bits per heavy atom. The van der Waals surface area contributed by atoms with Crippen molar-refractivity contribution in [3.63, 3.8) is 0 Å². The van der Waals surface area contributed by atoms with Gasteiger partial charge in [-0.1, -0.05) is 17.7 Å². The van der Waals surface area contributed by atoms with Gasteiger partial charge in [0.2, 0.25) is 0 Å². The fraction of sp³-hybridized carbons (Fsp3) is 0.167. The Morgan fingerprint density at radius 3 is 2.82 bits per heavy atom. The first-order chi connectivity index (χ1) is 8.00. The van der Waals surface area contributed by atoms with Gasteiger partial charge in [0.1, 0.15) is 0 Å². The van der Waals surface area contributed by atoms with Crippen molar-refractivity contribution in [1.82, 2.24) is 4.57 Å². The number of pyridine rings is 1. The van der Waals surface area contributed by atoms with Crippen LogP contribution in [0.5, 0.6) is 0 Å². The molecule has 88 valence electrons. The molecule has 0 saturated heterocycles. The number of carboxylic acid groups (broad SMARTS) is 1. The van der Waals surface area contributed by atoms with Crippen molar-refractivity contribution in [3.05, 3.63) is 45.2 Å². The first-order valence-corrected chi connectivity index (χ1v) is 5.37. The third-order valence-corrected chi connectivity index (χ3v) is 2.95. The smallest absolute Gasteiger partial charge is 0.309 e. The van der Waals surface area contributed by atoms with Crippen LogP contribution < -0.4 is 5.43 Å². The van der Waals surface area contributed by atoms with Crippen molar-refractivity contribution in [2.24, 2.45) is 7.05 Å². The second-order valence-corrected chi connectivity index (χ2v) is 4.17. The maximum Gasteiger partial charge on any atom is 0.309 e. The summed E-state index contributed by atoms with van der Waals surface area (Å²) in [6.07, 6.45) is -0.201. The predicted octanol–water partition coefficient (Wildman–Crippen LogP) is 1.82. The van der Waals surface area contributed by atoms with Gasteiger partial charge in [-0.3, -0.25) is 9.59 Å². The van der Waals surface area contributed by atoms with Crippen LogP contribution in [0.4, 0.5) is 0 Å². The average Bonchev–Trinajstić information content (AvgIpc) is 2.24. The number of aryl methyl sites for hydroxylation is 1. The maximum atomic E-state index is 11.8. The second-order valence-electron chi connectivity index (χ2n) is 3.77. The van der Waals surface area contributed by atoms with Crippen molar-refractivity contribution in [2.45, 2.75) is 6.42 Å². The highest BCUT2D eigenvalue weighted by Gasteiger charge is 2.11. The quantitative estimate of drug-likeness (QED) is 0.886. The summed E-state index contributed by atoms with van der Waals surface area (Å²) in [5, 5.41) is 9.71. The zero-order chi connectivity index (χ0) is 12.6. The minimum atomic E-state index is -0.980. The highest BCUT2D eigenvalue weighted by atomic mass is 35.5. The molecule has 17 heavy (non-hydrogen) atoms. The van der Waals surface area contributed by atoms with Gasteiger partial charge in [-0.2, -0.15) is 0 Å². The Kier molecular flexibility index (Phi) is 2.90. The lowest BCUT2D eigenvalue weighted by molar-refractivity contribution is -0.136. The van der Waals surface area contributed by atoms with Crippen LogP contribution in [0.3, 0.4) is 0 Å². The standard InChI is InChI=1S/C12H10ClNO3/c1-14-7(6-11(16)17)5-10(15)8-3-2-4-9(13)12(8)14/h2-5H,6H2,1H3,(H,16,17). The molecule has 0 radical (unpaired) electrons. The third-order valence-electron chi connectivity index (χ3n) is 2.65. The number of nitrogens with zero attached hydrogens (tertiary/aromatic N) is 1. The molecule has 0 aliphatic rings. The van der Waals surface area contributed by atoms with E-state index in [4.69, 9.17) is 16.7 Å². The van der Waals surface area contributed by atoms with E-state index in [2.05, 4.69) is 0 Å². The maximum absolute atomic E-state index is 11.8. The van der Waals surface area contributed by atoms with E-state index in [0.717, 1.165) is 0 Å². The van der Waals surface area contributed by atoms with Crippen molar-refractivity contribution in [3.8, 4) is 0 Å². The largest absolute Gasteiger partial charge is 0.481 e. The molecule has 0 amide bonds. The summed E-state index contributed by atoms with van der Waals surface area (Å²) in [6, 6.07) is 6.39. The van der Waals surface area contributed by atoms with E-state index in [1.54, 1.807) is 29.8 Å². The van der Waals surface area contributed by atoms with Crippen LogP contribution in [0.2, 0.25) is 5.02 Å². The topological polar surface area (TPSA) is 59.3 Å². The van der Waals surface area contributed by atoms with Gasteiger partial charge >= 0.3 is 5.97 Å². The third kappa shape index (κ3) is 2.03. The lowest BCUT2D eigenvalue weighted by atomic mass is 10.1. The minimum Gasteiger partial charge on any atom is -0.481 e. The number of aliphatic carboxylic acids is 1. The van der Waals surface area contributed by atoms with Crippen molar-refractivity contribution < 1.29 is 9.90 Å². The molecular weight excluding hydrogens is 242 g/mol. The number of rotatable bonds is 2. The molecule has 0 aliphatic carbocycles. The molecular formula is C12H10ClNO3. The number of halogens is 1. The number of hydrogen-bond donors (Lipinski definition) is 1. The van der Waals surface area contributed by atoms with Gasteiger partial charge in [0.05, 0.1) is 17.0 Å². The van der Waals surface area contributed by atoms with Crippen LogP contribution in [0.1, 0.15) is 5.69 Å². The number of fused-ring (bicyclic) bond motifs is 1. The van der Waals surface area contributed by atoms with Crippen molar-refractivity contribution >= 4 is 28.5 Å². The predicted molar refractivity (Wildman–Crippen MR) is 65.5 cm³/mol. The SMILES string of the molecule is Cn1c(CC(=O)O)cc(=O)c2cccc(Cl)c21. The summed E-state index contributed by atoms with van der Waals surface area (Å²) in [4.78, 5) is 22.5. The zero-order valence-corrected chi connectivity index (χ0v) is 9.86. The molecule has 2 aromatic rings. The number of para-hydroxylation sites is 1. The Balaban J connectivity index is 2.83. The van der Waals surface area contributed by atoms with Crippen LogP contribution in [0.25, 0.3) is 10.9 Å². The Hall–Kier alpha value is -1.81. The average molecular weight is 252 g/mol. The van der Waals surface area contributed by atoms with Crippen LogP contribution in [-0.4, -0.2) is 15.6 Å². The minimum absolute atomic E-state index is 0.201. The van der Waals surface area contributed by atoms with E-state index < -0.39 is 5.97 Å². The van der Waals surface area contributed by atoms with Gasteiger partial charge in [0.25, 0.3) is 0 Å². The number of carbonyl (C=O) groups is 1. The van der Waals surface area contributed by atoms with Gasteiger partial charge < -0.3 is 9.67 Å². The summed E-state index contributed by atoms with van der Waals surface area (Å²) >= 11 is 6.04. The highest BCUT2D eigenvalue weighted by molar-refractivity contribution is 6.35. The molecule has 0 saturated carbocycles. The second kappa shape index (κ2) is 4.22. The number of hydrogen-bond acceptors (Lipinski definition) is 2. The van der Waals surface area contributed by atoms with E-state index in [1.165, 1.54) is 6.07 Å². The molecule has 1 N–H and O–H groups in total. The highest BCUT2D eigenvalue weighted by Crippen LogP contribution is 2.21. The normalized spacial score (nSPS) is 10.7. The van der Waals surface area contributed by atoms with E-state index >= 15 is 0 Å². The molecule has 1 aromatic heterocycles. The van der Waals surface area contributed by atoms with Gasteiger partial charge in [0.15, 0.2) is 5.43 Å². The summed E-state index contributed by atoms with van der Waals surface area (Å²) in [5.41, 5.74) is 0.790. The van der Waals surface area contributed by atoms with Gasteiger partial charge in [-0.05, 0) is 12.1 Å². The zero-order valence-electron chi connectivity index (χ0n) is 9.11. The summed E-state index contributed by atoms with van der Waals surface area (Å²) in [6.45, 7) is 0. The Bertz CT molecular complexity index is 661. The van der Waals surface area contributed by atoms with Gasteiger partial charge in [-0.25, -0.2) is 0 Å².